The van der Waals surface area contributed by atoms with Gasteiger partial charge in [0.2, 0.25) is 0 Å². The zero-order valence-corrected chi connectivity index (χ0v) is 7.87. The summed E-state index contributed by atoms with van der Waals surface area (Å²) in [5.74, 6) is 0. The Labute approximate surface area is 67.0 Å². The molecule has 0 aromatic heterocycles. The molecule has 6 heteroatoms. The van der Waals surface area contributed by atoms with E-state index in [1.807, 2.05) is 22.6 Å². The second kappa shape index (κ2) is 3.88. The minimum Gasteiger partial charge on any atom is -0.303 e. The van der Waals surface area contributed by atoms with Gasteiger partial charge in [0.05, 0.1) is 0 Å². The lowest BCUT2D eigenvalue weighted by Crippen LogP contribution is -1.98. The summed E-state index contributed by atoms with van der Waals surface area (Å²) in [6.45, 7) is 1.78. The summed E-state index contributed by atoms with van der Waals surface area (Å²) in [6.07, 6.45) is 0.589. The number of phosphoric ester groups is 1. The largest absolute Gasteiger partial charge is 0.470 e. The Balaban J connectivity index is 3.60. The molecule has 0 spiro atoms. The highest BCUT2D eigenvalue weighted by Gasteiger charge is 2.17. The molecular weight excluding hydrogens is 258 g/mol. The predicted octanol–water partition coefficient (Wildman–Crippen LogP) is 1.27. The van der Waals surface area contributed by atoms with Gasteiger partial charge in [-0.25, -0.2) is 4.57 Å². The summed E-state index contributed by atoms with van der Waals surface area (Å²) in [5, 5.41) is 0. The van der Waals surface area contributed by atoms with Crippen molar-refractivity contribution >= 4 is 30.4 Å². The topological polar surface area (TPSA) is 66.8 Å². The number of alkyl halides is 1. The molecule has 1 unspecified atom stereocenters. The Bertz CT molecular complexity index is 121. The molecule has 0 saturated carbocycles. The van der Waals surface area contributed by atoms with Crippen molar-refractivity contribution in [1.82, 2.24) is 0 Å². The molecule has 0 aliphatic carbocycles. The van der Waals surface area contributed by atoms with Gasteiger partial charge in [0.1, 0.15) is 4.11 Å². The van der Waals surface area contributed by atoms with Gasteiger partial charge in [-0.1, -0.05) is 29.5 Å². The van der Waals surface area contributed by atoms with Crippen molar-refractivity contribution < 1.29 is 18.9 Å². The summed E-state index contributed by atoms with van der Waals surface area (Å²) in [4.78, 5) is 16.4. The van der Waals surface area contributed by atoms with E-state index < -0.39 is 11.9 Å². The maximum atomic E-state index is 10.1. The lowest BCUT2D eigenvalue weighted by Gasteiger charge is -2.08. The molecule has 0 fully saturated rings. The van der Waals surface area contributed by atoms with Gasteiger partial charge >= 0.3 is 7.82 Å². The van der Waals surface area contributed by atoms with E-state index >= 15 is 0 Å². The molecule has 2 N–H and O–H groups in total. The summed E-state index contributed by atoms with van der Waals surface area (Å²) in [5.41, 5.74) is 0. The molecule has 0 aliphatic heterocycles. The van der Waals surface area contributed by atoms with Gasteiger partial charge in [-0.2, -0.15) is 0 Å². The lowest BCUT2D eigenvalue weighted by atomic mass is 10.5. The van der Waals surface area contributed by atoms with Gasteiger partial charge in [-0.15, -0.1) is 0 Å². The van der Waals surface area contributed by atoms with Gasteiger partial charge in [0, 0.05) is 0 Å². The minimum atomic E-state index is -4.25. The van der Waals surface area contributed by atoms with E-state index in [2.05, 4.69) is 4.52 Å². The van der Waals surface area contributed by atoms with Crippen LogP contribution in [0.5, 0.6) is 0 Å². The fourth-order valence-corrected chi connectivity index (χ4v) is 1.56. The van der Waals surface area contributed by atoms with Crippen LogP contribution in [0.2, 0.25) is 0 Å². The molecule has 4 nitrogen and oxygen atoms in total. The van der Waals surface area contributed by atoms with Crippen LogP contribution in [-0.4, -0.2) is 13.9 Å². The van der Waals surface area contributed by atoms with E-state index in [9.17, 15) is 4.57 Å². The molecule has 1 atom stereocenters. The molecule has 0 rings (SSSR count). The van der Waals surface area contributed by atoms with Gasteiger partial charge in [0.25, 0.3) is 0 Å². The van der Waals surface area contributed by atoms with Crippen LogP contribution in [0, 0.1) is 0 Å². The minimum absolute atomic E-state index is 0.400. The predicted molar refractivity (Wildman–Crippen MR) is 41.2 cm³/mol. The summed E-state index contributed by atoms with van der Waals surface area (Å²) < 4.78 is 13.9. The smallest absolute Gasteiger partial charge is 0.303 e. The van der Waals surface area contributed by atoms with Crippen molar-refractivity contribution in [2.24, 2.45) is 0 Å². The average molecular weight is 266 g/mol. The third-order valence-corrected chi connectivity index (χ3v) is 2.64. The van der Waals surface area contributed by atoms with Crippen LogP contribution in [0.25, 0.3) is 0 Å². The summed E-state index contributed by atoms with van der Waals surface area (Å²) in [7, 11) is -4.25. The van der Waals surface area contributed by atoms with Gasteiger partial charge < -0.3 is 9.79 Å². The van der Waals surface area contributed by atoms with Crippen LogP contribution in [0.4, 0.5) is 0 Å². The van der Waals surface area contributed by atoms with E-state index in [0.29, 0.717) is 6.42 Å². The Morgan fingerprint density at radius 2 is 2.22 bits per heavy atom. The number of halogens is 1. The second-order valence-corrected chi connectivity index (χ2v) is 4.00. The van der Waals surface area contributed by atoms with E-state index in [1.54, 1.807) is 6.92 Å². The summed E-state index contributed by atoms with van der Waals surface area (Å²) >= 11 is 1.82. The highest BCUT2D eigenvalue weighted by molar-refractivity contribution is 14.1. The molecule has 9 heavy (non-hydrogen) atoms. The zero-order valence-electron chi connectivity index (χ0n) is 4.82. The quantitative estimate of drug-likeness (QED) is 0.458. The van der Waals surface area contributed by atoms with Gasteiger partial charge in [0.15, 0.2) is 0 Å². The first kappa shape index (κ1) is 9.84. The van der Waals surface area contributed by atoms with E-state index in [1.165, 1.54) is 0 Å². The monoisotopic (exact) mass is 266 g/mol. The third kappa shape index (κ3) is 6.73. The van der Waals surface area contributed by atoms with Crippen molar-refractivity contribution in [2.75, 3.05) is 0 Å². The summed E-state index contributed by atoms with van der Waals surface area (Å²) in [6, 6.07) is 0. The fraction of sp³-hybridized carbons (Fsp3) is 1.00. The van der Waals surface area contributed by atoms with E-state index in [0.717, 1.165) is 0 Å². The molecule has 0 heterocycles. The van der Waals surface area contributed by atoms with Crippen LogP contribution in [0.1, 0.15) is 13.3 Å². The van der Waals surface area contributed by atoms with Crippen molar-refractivity contribution in [3.63, 3.8) is 0 Å². The maximum Gasteiger partial charge on any atom is 0.470 e. The lowest BCUT2D eigenvalue weighted by molar-refractivity contribution is 0.188. The highest BCUT2D eigenvalue weighted by Crippen LogP contribution is 2.39. The van der Waals surface area contributed by atoms with E-state index in [-0.39, 0.29) is 0 Å². The highest BCUT2D eigenvalue weighted by atomic mass is 127. The Hall–Kier alpha value is 0.840. The SMILES string of the molecule is CCC(I)OP(=O)(O)O. The number of hydrogen-bond donors (Lipinski definition) is 2. The first-order valence-electron chi connectivity index (χ1n) is 2.33. The molecule has 0 amide bonds. The molecular formula is C3H8IO4P. The number of hydrogen-bond acceptors (Lipinski definition) is 2. The Morgan fingerprint density at radius 1 is 1.78 bits per heavy atom. The Morgan fingerprint density at radius 3 is 2.33 bits per heavy atom. The van der Waals surface area contributed by atoms with Crippen molar-refractivity contribution in [1.29, 1.82) is 0 Å². The molecule has 0 radical (unpaired) electrons. The average Bonchev–Trinajstić information content (AvgIpc) is 1.62. The van der Waals surface area contributed by atoms with Crippen LogP contribution in [0.3, 0.4) is 0 Å². The molecule has 0 aliphatic rings. The van der Waals surface area contributed by atoms with Crippen LogP contribution >= 0.6 is 30.4 Å². The van der Waals surface area contributed by atoms with E-state index in [4.69, 9.17) is 9.79 Å². The molecule has 0 aromatic carbocycles. The van der Waals surface area contributed by atoms with Crippen molar-refractivity contribution in [3.05, 3.63) is 0 Å². The molecule has 0 aromatic rings. The van der Waals surface area contributed by atoms with Crippen molar-refractivity contribution in [3.8, 4) is 0 Å². The van der Waals surface area contributed by atoms with Crippen LogP contribution < -0.4 is 0 Å². The molecule has 0 saturated heterocycles. The van der Waals surface area contributed by atoms with Gasteiger partial charge in [-0.3, -0.25) is 4.52 Å². The first-order chi connectivity index (χ1) is 3.95. The third-order valence-electron chi connectivity index (χ3n) is 0.573. The number of phosphoric acid groups is 1. The fourth-order valence-electron chi connectivity index (χ4n) is 0.224. The van der Waals surface area contributed by atoms with Gasteiger partial charge in [-0.05, 0) is 6.42 Å². The molecule has 56 valence electrons. The Kier molecular flexibility index (Phi) is 4.24. The number of rotatable bonds is 3. The van der Waals surface area contributed by atoms with Crippen molar-refractivity contribution in [2.45, 2.75) is 17.5 Å². The second-order valence-electron chi connectivity index (χ2n) is 1.41. The molecule has 0 bridgehead atoms. The van der Waals surface area contributed by atoms with Crippen LogP contribution in [0.15, 0.2) is 0 Å². The van der Waals surface area contributed by atoms with Crippen LogP contribution in [-0.2, 0) is 9.09 Å². The maximum absolute atomic E-state index is 10.1. The first-order valence-corrected chi connectivity index (χ1v) is 5.11. The standard InChI is InChI=1S/C3H8IO4P/c1-2-3(4)8-9(5,6)7/h3H,2H2,1H3,(H2,5,6,7). The normalized spacial score (nSPS) is 15.6. The zero-order chi connectivity index (χ0) is 7.49.